The summed E-state index contributed by atoms with van der Waals surface area (Å²) in [5.74, 6) is 0.794. The monoisotopic (exact) mass is 426 g/mol. The molecule has 0 saturated heterocycles. The summed E-state index contributed by atoms with van der Waals surface area (Å²) in [6.45, 7) is 0. The molecule has 1 aromatic heterocycles. The molecule has 6 heteroatoms. The Kier molecular flexibility index (Phi) is 6.23. The number of rotatable bonds is 6. The van der Waals surface area contributed by atoms with Crippen LogP contribution < -0.4 is 0 Å². The fraction of sp³-hybridized carbons (Fsp3) is 0.348. The second-order valence-corrected chi connectivity index (χ2v) is 10.6. The number of nitrogens with zero attached hydrogens (tertiary/aromatic N) is 2. The average molecular weight is 427 g/mol. The topological polar surface area (TPSA) is 50.3 Å². The highest BCUT2D eigenvalue weighted by atomic mass is 32.2. The van der Waals surface area contributed by atoms with E-state index in [1.54, 1.807) is 29.2 Å². The van der Waals surface area contributed by atoms with Crippen molar-refractivity contribution in [3.05, 3.63) is 66.4 Å². The van der Waals surface area contributed by atoms with Crippen LogP contribution in [0.2, 0.25) is 0 Å². The van der Waals surface area contributed by atoms with E-state index in [2.05, 4.69) is 41.4 Å². The minimum Gasteiger partial charge on any atom is -0.249 e. The van der Waals surface area contributed by atoms with E-state index >= 15 is 0 Å². The zero-order valence-corrected chi connectivity index (χ0v) is 18.3. The molecule has 1 aliphatic carbocycles. The summed E-state index contributed by atoms with van der Waals surface area (Å²) in [6, 6.07) is 18.3. The SMILES string of the molecule is CN(C1CCCCC1)S(=O)(=O)c1ccc(SCc2cccc3ccccc23)nc1. The van der Waals surface area contributed by atoms with Crippen molar-refractivity contribution in [2.45, 2.75) is 53.8 Å². The number of hydrogen-bond donors (Lipinski definition) is 0. The minimum absolute atomic E-state index is 0.106. The maximum atomic E-state index is 12.9. The van der Waals surface area contributed by atoms with Crippen LogP contribution >= 0.6 is 11.8 Å². The third-order valence-electron chi connectivity index (χ3n) is 5.73. The second kappa shape index (κ2) is 8.86. The molecule has 29 heavy (non-hydrogen) atoms. The quantitative estimate of drug-likeness (QED) is 0.490. The molecule has 0 bridgehead atoms. The van der Waals surface area contributed by atoms with Gasteiger partial charge < -0.3 is 0 Å². The number of pyridine rings is 1. The summed E-state index contributed by atoms with van der Waals surface area (Å²) < 4.78 is 27.4. The van der Waals surface area contributed by atoms with Gasteiger partial charge in [0.15, 0.2) is 0 Å². The standard InChI is InChI=1S/C23H26N2O2S2/c1-25(20-11-3-2-4-12-20)29(26,27)21-14-15-23(24-16-21)28-17-19-10-7-9-18-8-5-6-13-22(18)19/h5-10,13-16,20H,2-4,11-12,17H2,1H3. The molecule has 0 spiro atoms. The van der Waals surface area contributed by atoms with Crippen molar-refractivity contribution >= 4 is 32.6 Å². The smallest absolute Gasteiger partial charge is 0.244 e. The van der Waals surface area contributed by atoms with Crippen LogP contribution in [0.4, 0.5) is 0 Å². The van der Waals surface area contributed by atoms with Gasteiger partial charge in [0.2, 0.25) is 10.0 Å². The lowest BCUT2D eigenvalue weighted by molar-refractivity contribution is 0.285. The average Bonchev–Trinajstić information content (AvgIpc) is 2.78. The molecule has 0 unspecified atom stereocenters. The van der Waals surface area contributed by atoms with Crippen LogP contribution in [0.3, 0.4) is 0 Å². The molecule has 152 valence electrons. The number of sulfonamides is 1. The maximum absolute atomic E-state index is 12.9. The predicted octanol–water partition coefficient (Wildman–Crippen LogP) is 5.48. The third-order valence-corrected chi connectivity index (χ3v) is 8.62. The van der Waals surface area contributed by atoms with Crippen LogP contribution in [0.25, 0.3) is 10.8 Å². The van der Waals surface area contributed by atoms with Crippen molar-refractivity contribution in [3.63, 3.8) is 0 Å². The van der Waals surface area contributed by atoms with Crippen molar-refractivity contribution < 1.29 is 8.42 Å². The lowest BCUT2D eigenvalue weighted by Gasteiger charge is -2.30. The first-order chi connectivity index (χ1) is 14.1. The van der Waals surface area contributed by atoms with Crippen LogP contribution in [0.1, 0.15) is 37.7 Å². The molecule has 3 aromatic rings. The summed E-state index contributed by atoms with van der Waals surface area (Å²) >= 11 is 1.62. The molecular formula is C23H26N2O2S2. The van der Waals surface area contributed by atoms with Gasteiger partial charge >= 0.3 is 0 Å². The highest BCUT2D eigenvalue weighted by Crippen LogP contribution is 2.29. The molecule has 1 saturated carbocycles. The molecule has 0 atom stereocenters. The Morgan fingerprint density at radius 3 is 2.52 bits per heavy atom. The third kappa shape index (κ3) is 4.49. The highest BCUT2D eigenvalue weighted by Gasteiger charge is 2.29. The van der Waals surface area contributed by atoms with E-state index in [4.69, 9.17) is 0 Å². The molecule has 0 radical (unpaired) electrons. The van der Waals surface area contributed by atoms with Crippen molar-refractivity contribution in [1.82, 2.24) is 9.29 Å². The first-order valence-electron chi connectivity index (χ1n) is 10.1. The van der Waals surface area contributed by atoms with Gasteiger partial charge in [0.25, 0.3) is 0 Å². The summed E-state index contributed by atoms with van der Waals surface area (Å²) in [4.78, 5) is 4.70. The van der Waals surface area contributed by atoms with Gasteiger partial charge in [-0.25, -0.2) is 13.4 Å². The molecule has 4 nitrogen and oxygen atoms in total. The summed E-state index contributed by atoms with van der Waals surface area (Å²) in [5, 5.41) is 3.30. The van der Waals surface area contributed by atoms with Gasteiger partial charge in [0.1, 0.15) is 4.90 Å². The number of benzene rings is 2. The minimum atomic E-state index is -3.49. The van der Waals surface area contributed by atoms with Crippen LogP contribution in [-0.2, 0) is 15.8 Å². The van der Waals surface area contributed by atoms with Gasteiger partial charge in [-0.1, -0.05) is 61.7 Å². The predicted molar refractivity (Wildman–Crippen MR) is 120 cm³/mol. The van der Waals surface area contributed by atoms with E-state index < -0.39 is 10.0 Å². The van der Waals surface area contributed by atoms with E-state index in [1.165, 1.54) is 29.0 Å². The molecule has 2 aromatic carbocycles. The Bertz CT molecular complexity index is 1070. The molecular weight excluding hydrogens is 400 g/mol. The van der Waals surface area contributed by atoms with E-state index in [9.17, 15) is 8.42 Å². The van der Waals surface area contributed by atoms with Crippen LogP contribution in [0.5, 0.6) is 0 Å². The number of hydrogen-bond acceptors (Lipinski definition) is 4. The van der Waals surface area contributed by atoms with E-state index in [0.717, 1.165) is 36.5 Å². The van der Waals surface area contributed by atoms with E-state index in [1.807, 2.05) is 12.1 Å². The maximum Gasteiger partial charge on any atom is 0.244 e. The van der Waals surface area contributed by atoms with Crippen molar-refractivity contribution in [2.24, 2.45) is 0 Å². The first-order valence-corrected chi connectivity index (χ1v) is 12.5. The van der Waals surface area contributed by atoms with Gasteiger partial charge in [-0.2, -0.15) is 4.31 Å². The Morgan fingerprint density at radius 1 is 1.00 bits per heavy atom. The number of thioether (sulfide) groups is 1. The van der Waals surface area contributed by atoms with Gasteiger partial charge in [-0.3, -0.25) is 0 Å². The molecule has 4 rings (SSSR count). The number of aromatic nitrogens is 1. The van der Waals surface area contributed by atoms with Crippen LogP contribution in [-0.4, -0.2) is 30.8 Å². The Morgan fingerprint density at radius 2 is 1.76 bits per heavy atom. The first kappa shape index (κ1) is 20.4. The molecule has 1 fully saturated rings. The fourth-order valence-corrected chi connectivity index (χ4v) is 6.19. The molecule has 0 amide bonds. The lowest BCUT2D eigenvalue weighted by atomic mass is 9.96. The highest BCUT2D eigenvalue weighted by molar-refractivity contribution is 7.98. The lowest BCUT2D eigenvalue weighted by Crippen LogP contribution is -2.38. The zero-order chi connectivity index (χ0) is 20.3. The van der Waals surface area contributed by atoms with E-state index in [0.29, 0.717) is 0 Å². The van der Waals surface area contributed by atoms with Crippen LogP contribution in [0.15, 0.2) is 70.7 Å². The summed E-state index contributed by atoms with van der Waals surface area (Å²) in [7, 11) is -1.79. The van der Waals surface area contributed by atoms with Gasteiger partial charge in [0, 0.05) is 25.0 Å². The van der Waals surface area contributed by atoms with Crippen molar-refractivity contribution in [1.29, 1.82) is 0 Å². The normalized spacial score (nSPS) is 15.8. The molecule has 1 aliphatic rings. The summed E-state index contributed by atoms with van der Waals surface area (Å²) in [5.41, 5.74) is 1.25. The van der Waals surface area contributed by atoms with Gasteiger partial charge in [0.05, 0.1) is 5.03 Å². The summed E-state index contributed by atoms with van der Waals surface area (Å²) in [6.07, 6.45) is 6.80. The zero-order valence-electron chi connectivity index (χ0n) is 16.6. The van der Waals surface area contributed by atoms with E-state index in [-0.39, 0.29) is 10.9 Å². The second-order valence-electron chi connectivity index (χ2n) is 7.57. The Hall–Kier alpha value is -1.89. The molecule has 1 heterocycles. The molecule has 0 aliphatic heterocycles. The van der Waals surface area contributed by atoms with Gasteiger partial charge in [-0.05, 0) is 41.3 Å². The van der Waals surface area contributed by atoms with Crippen molar-refractivity contribution in [3.8, 4) is 0 Å². The number of fused-ring (bicyclic) bond motifs is 1. The Labute approximate surface area is 177 Å². The van der Waals surface area contributed by atoms with Gasteiger partial charge in [-0.15, -0.1) is 11.8 Å². The fourth-order valence-electron chi connectivity index (χ4n) is 3.98. The van der Waals surface area contributed by atoms with Crippen LogP contribution in [0, 0.1) is 0 Å². The Balaban J connectivity index is 1.46. The van der Waals surface area contributed by atoms with Crippen molar-refractivity contribution in [2.75, 3.05) is 7.05 Å². The largest absolute Gasteiger partial charge is 0.249 e. The molecule has 0 N–H and O–H groups in total.